The Balaban J connectivity index is 2.89. The number of alkyl halides is 1. The number of benzene rings is 1. The molecule has 0 aromatic heterocycles. The average molecular weight is 241 g/mol. The van der Waals surface area contributed by atoms with Crippen molar-refractivity contribution in [3.8, 4) is 17.6 Å². The fourth-order valence-electron chi connectivity index (χ4n) is 1.10. The molecule has 0 N–H and O–H groups in total. The van der Waals surface area contributed by atoms with Gasteiger partial charge in [0.25, 0.3) is 0 Å². The topological polar surface area (TPSA) is 9.23 Å². The Morgan fingerprint density at radius 3 is 2.81 bits per heavy atom. The van der Waals surface area contributed by atoms with Gasteiger partial charge in [-0.1, -0.05) is 25.7 Å². The number of hydrogen-bond donors (Lipinski definition) is 0. The van der Waals surface area contributed by atoms with Gasteiger partial charge in [-0.15, -0.1) is 11.6 Å². The van der Waals surface area contributed by atoms with Crippen LogP contribution < -0.4 is 4.74 Å². The molecule has 0 aliphatic rings. The lowest BCUT2D eigenvalue weighted by molar-refractivity contribution is 0.269. The number of hydrogen-bond acceptors (Lipinski definition) is 1. The molecule has 0 fully saturated rings. The van der Waals surface area contributed by atoms with E-state index in [1.54, 1.807) is 6.07 Å². The second kappa shape index (κ2) is 6.40. The summed E-state index contributed by atoms with van der Waals surface area (Å²) in [6.45, 7) is 4.60. The molecule has 0 unspecified atom stereocenters. The van der Waals surface area contributed by atoms with Crippen LogP contribution in [0.15, 0.2) is 18.2 Å². The summed E-state index contributed by atoms with van der Waals surface area (Å²) < 4.78 is 18.5. The van der Waals surface area contributed by atoms with Gasteiger partial charge in [-0.2, -0.15) is 0 Å². The van der Waals surface area contributed by atoms with Crippen molar-refractivity contribution >= 4 is 11.6 Å². The van der Waals surface area contributed by atoms with E-state index in [-0.39, 0.29) is 11.7 Å². The largest absolute Gasteiger partial charge is 0.492 e. The highest BCUT2D eigenvalue weighted by atomic mass is 35.5. The number of rotatable bonds is 3. The molecule has 0 aliphatic carbocycles. The highest BCUT2D eigenvalue weighted by Crippen LogP contribution is 2.19. The van der Waals surface area contributed by atoms with Gasteiger partial charge in [0.15, 0.2) is 0 Å². The number of halogens is 2. The third-order valence-electron chi connectivity index (χ3n) is 1.81. The van der Waals surface area contributed by atoms with E-state index < -0.39 is 0 Å². The van der Waals surface area contributed by atoms with E-state index in [4.69, 9.17) is 16.3 Å². The van der Waals surface area contributed by atoms with Crippen LogP contribution in [0.4, 0.5) is 4.39 Å². The Labute approximate surface area is 101 Å². The summed E-state index contributed by atoms with van der Waals surface area (Å²) in [7, 11) is 0. The Hall–Kier alpha value is -1.20. The Morgan fingerprint density at radius 1 is 1.44 bits per heavy atom. The predicted octanol–water partition coefficient (Wildman–Crippen LogP) is 3.45. The third-order valence-corrected chi connectivity index (χ3v) is 1.94. The molecule has 1 aromatic rings. The van der Waals surface area contributed by atoms with Crippen molar-refractivity contribution < 1.29 is 9.13 Å². The highest BCUT2D eigenvalue weighted by molar-refractivity contribution is 6.19. The Kier molecular flexibility index (Phi) is 5.14. The van der Waals surface area contributed by atoms with E-state index in [2.05, 4.69) is 11.8 Å². The third kappa shape index (κ3) is 4.12. The lowest BCUT2D eigenvalue weighted by Gasteiger charge is -2.10. The minimum Gasteiger partial charge on any atom is -0.492 e. The zero-order valence-corrected chi connectivity index (χ0v) is 10.1. The van der Waals surface area contributed by atoms with Gasteiger partial charge in [0.1, 0.15) is 11.6 Å². The van der Waals surface area contributed by atoms with Crippen LogP contribution in [0.1, 0.15) is 19.4 Å². The van der Waals surface area contributed by atoms with Gasteiger partial charge in [0, 0.05) is 6.07 Å². The molecular weight excluding hydrogens is 227 g/mol. The quantitative estimate of drug-likeness (QED) is 0.581. The van der Waals surface area contributed by atoms with Crippen molar-refractivity contribution in [2.45, 2.75) is 13.8 Å². The van der Waals surface area contributed by atoms with Gasteiger partial charge < -0.3 is 4.74 Å². The maximum atomic E-state index is 13.0. The zero-order valence-electron chi connectivity index (χ0n) is 9.39. The van der Waals surface area contributed by atoms with E-state index in [0.29, 0.717) is 23.8 Å². The van der Waals surface area contributed by atoms with Gasteiger partial charge in [-0.3, -0.25) is 0 Å². The molecular formula is C13H14ClFO. The van der Waals surface area contributed by atoms with E-state index in [9.17, 15) is 4.39 Å². The van der Waals surface area contributed by atoms with Crippen LogP contribution in [0.3, 0.4) is 0 Å². The molecule has 16 heavy (non-hydrogen) atoms. The van der Waals surface area contributed by atoms with Crippen molar-refractivity contribution in [2.24, 2.45) is 5.92 Å². The maximum absolute atomic E-state index is 13.0. The van der Waals surface area contributed by atoms with Gasteiger partial charge >= 0.3 is 0 Å². The first-order valence-corrected chi connectivity index (χ1v) is 5.64. The van der Waals surface area contributed by atoms with Crippen LogP contribution in [-0.4, -0.2) is 12.5 Å². The number of ether oxygens (including phenoxy) is 1. The predicted molar refractivity (Wildman–Crippen MR) is 64.3 cm³/mol. The van der Waals surface area contributed by atoms with Crippen LogP contribution in [0.5, 0.6) is 5.75 Å². The molecule has 1 nitrogen and oxygen atoms in total. The maximum Gasteiger partial charge on any atom is 0.137 e. The average Bonchev–Trinajstić information content (AvgIpc) is 2.25. The molecule has 0 bridgehead atoms. The van der Waals surface area contributed by atoms with Crippen LogP contribution in [-0.2, 0) is 0 Å². The van der Waals surface area contributed by atoms with Gasteiger partial charge in [-0.05, 0) is 18.1 Å². The van der Waals surface area contributed by atoms with E-state index in [1.807, 2.05) is 13.8 Å². The van der Waals surface area contributed by atoms with Gasteiger partial charge in [0.05, 0.1) is 18.1 Å². The normalized spacial score (nSPS) is 9.81. The second-order valence-corrected chi connectivity index (χ2v) is 4.05. The molecule has 0 amide bonds. The molecule has 1 aromatic carbocycles. The zero-order chi connectivity index (χ0) is 12.0. The molecule has 86 valence electrons. The van der Waals surface area contributed by atoms with Crippen molar-refractivity contribution in [1.82, 2.24) is 0 Å². The Morgan fingerprint density at radius 2 is 2.19 bits per heavy atom. The first-order valence-electron chi connectivity index (χ1n) is 5.10. The van der Waals surface area contributed by atoms with Gasteiger partial charge in [-0.25, -0.2) is 4.39 Å². The standard InChI is InChI=1S/C13H14ClFO/c1-10(2)9-16-13-8-12(15)6-5-11(13)4-3-7-14/h5-6,8,10H,7,9H2,1-2H3. The molecule has 0 spiro atoms. The van der Waals surface area contributed by atoms with Crippen LogP contribution in [0.2, 0.25) is 0 Å². The monoisotopic (exact) mass is 240 g/mol. The van der Waals surface area contributed by atoms with Crippen molar-refractivity contribution in [3.05, 3.63) is 29.6 Å². The minimum absolute atomic E-state index is 0.251. The van der Waals surface area contributed by atoms with Crippen LogP contribution >= 0.6 is 11.6 Å². The van der Waals surface area contributed by atoms with E-state index in [0.717, 1.165) is 0 Å². The second-order valence-electron chi connectivity index (χ2n) is 3.78. The lowest BCUT2D eigenvalue weighted by atomic mass is 10.2. The molecule has 0 saturated heterocycles. The summed E-state index contributed by atoms with van der Waals surface area (Å²) in [6.07, 6.45) is 0. The molecule has 0 heterocycles. The van der Waals surface area contributed by atoms with E-state index in [1.165, 1.54) is 12.1 Å². The highest BCUT2D eigenvalue weighted by Gasteiger charge is 2.04. The summed E-state index contributed by atoms with van der Waals surface area (Å²) in [5.74, 6) is 6.36. The summed E-state index contributed by atoms with van der Waals surface area (Å²) >= 11 is 5.47. The van der Waals surface area contributed by atoms with Crippen molar-refractivity contribution in [1.29, 1.82) is 0 Å². The SMILES string of the molecule is CC(C)COc1cc(F)ccc1C#CCCl. The minimum atomic E-state index is -0.324. The molecule has 0 aliphatic heterocycles. The van der Waals surface area contributed by atoms with Crippen molar-refractivity contribution in [2.75, 3.05) is 12.5 Å². The summed E-state index contributed by atoms with van der Waals surface area (Å²) in [4.78, 5) is 0. The van der Waals surface area contributed by atoms with Crippen molar-refractivity contribution in [3.63, 3.8) is 0 Å². The molecule has 3 heteroatoms. The van der Waals surface area contributed by atoms with Crippen LogP contribution in [0.25, 0.3) is 0 Å². The van der Waals surface area contributed by atoms with Crippen LogP contribution in [0, 0.1) is 23.6 Å². The molecule has 0 saturated carbocycles. The smallest absolute Gasteiger partial charge is 0.137 e. The Bertz CT molecular complexity index is 404. The molecule has 0 radical (unpaired) electrons. The fraction of sp³-hybridized carbons (Fsp3) is 0.385. The first-order chi connectivity index (χ1) is 7.63. The first kappa shape index (κ1) is 12.9. The van der Waals surface area contributed by atoms with E-state index >= 15 is 0 Å². The lowest BCUT2D eigenvalue weighted by Crippen LogP contribution is -2.05. The summed E-state index contributed by atoms with van der Waals surface area (Å²) in [5, 5.41) is 0. The summed E-state index contributed by atoms with van der Waals surface area (Å²) in [5.41, 5.74) is 0.669. The summed E-state index contributed by atoms with van der Waals surface area (Å²) in [6, 6.07) is 4.31. The van der Waals surface area contributed by atoms with Gasteiger partial charge in [0.2, 0.25) is 0 Å². The fourth-order valence-corrected chi connectivity index (χ4v) is 1.17. The molecule has 0 atom stereocenters. The molecule has 1 rings (SSSR count).